The number of aromatic nitrogens is 1. The first-order valence-corrected chi connectivity index (χ1v) is 8.99. The number of carbonyl (C=O) groups excluding carboxylic acids is 2. The summed E-state index contributed by atoms with van der Waals surface area (Å²) in [5.41, 5.74) is 0.635. The molecule has 0 saturated carbocycles. The molecule has 7 heteroatoms. The second-order valence-corrected chi connectivity index (χ2v) is 6.65. The van der Waals surface area contributed by atoms with Gasteiger partial charge in [0.25, 0.3) is 5.91 Å². The molecule has 2 N–H and O–H groups in total. The minimum atomic E-state index is -0.308. The lowest BCUT2D eigenvalue weighted by Gasteiger charge is -2.38. The van der Waals surface area contributed by atoms with Gasteiger partial charge in [-0.25, -0.2) is 0 Å². The van der Waals surface area contributed by atoms with Gasteiger partial charge in [-0.2, -0.15) is 0 Å². The predicted octanol–water partition coefficient (Wildman–Crippen LogP) is 2.39. The fraction of sp³-hybridized carbons (Fsp3) is 0.400. The van der Waals surface area contributed by atoms with Gasteiger partial charge < -0.3 is 24.7 Å². The summed E-state index contributed by atoms with van der Waals surface area (Å²) in [6, 6.07) is 8.89. The molecule has 3 rings (SSSR count). The van der Waals surface area contributed by atoms with Crippen LogP contribution in [0.15, 0.2) is 42.7 Å². The van der Waals surface area contributed by atoms with Crippen molar-refractivity contribution in [3.63, 3.8) is 0 Å². The number of ether oxygens (including phenoxy) is 2. The molecule has 7 nitrogen and oxygen atoms in total. The number of benzene rings is 1. The molecule has 144 valence electrons. The van der Waals surface area contributed by atoms with Gasteiger partial charge in [-0.15, -0.1) is 0 Å². The van der Waals surface area contributed by atoms with E-state index in [2.05, 4.69) is 15.2 Å². The number of carbonyl (C=O) groups is 2. The highest BCUT2D eigenvalue weighted by Gasteiger charge is 2.36. The summed E-state index contributed by atoms with van der Waals surface area (Å²) in [7, 11) is 3.10. The van der Waals surface area contributed by atoms with Crippen molar-refractivity contribution in [3.8, 4) is 5.75 Å². The van der Waals surface area contributed by atoms with Gasteiger partial charge >= 0.3 is 0 Å². The van der Waals surface area contributed by atoms with Crippen molar-refractivity contribution in [1.29, 1.82) is 0 Å². The zero-order chi connectivity index (χ0) is 19.3. The highest BCUT2D eigenvalue weighted by Crippen LogP contribution is 2.34. The first-order valence-electron chi connectivity index (χ1n) is 8.99. The Hall–Kier alpha value is -2.80. The van der Waals surface area contributed by atoms with Crippen molar-refractivity contribution < 1.29 is 19.1 Å². The number of methoxy groups -OCH3 is 1. The maximum atomic E-state index is 12.9. The molecular weight excluding hydrogens is 346 g/mol. The number of rotatable bonds is 6. The second kappa shape index (κ2) is 8.26. The van der Waals surface area contributed by atoms with Crippen molar-refractivity contribution >= 4 is 17.5 Å². The number of amides is 2. The molecule has 2 amide bonds. The monoisotopic (exact) mass is 371 g/mol. The highest BCUT2D eigenvalue weighted by molar-refractivity contribution is 5.98. The van der Waals surface area contributed by atoms with Crippen LogP contribution >= 0.6 is 0 Å². The molecule has 0 bridgehead atoms. The van der Waals surface area contributed by atoms with Gasteiger partial charge in [-0.05, 0) is 43.2 Å². The molecule has 0 spiro atoms. The van der Waals surface area contributed by atoms with Crippen LogP contribution < -0.4 is 15.4 Å². The molecule has 1 aromatic heterocycles. The number of nitrogens with one attached hydrogen (secondary N) is 2. The largest absolute Gasteiger partial charge is 0.495 e. The Morgan fingerprint density at radius 2 is 1.93 bits per heavy atom. The average molecular weight is 371 g/mol. The average Bonchev–Trinajstić information content (AvgIpc) is 3.23. The fourth-order valence-electron chi connectivity index (χ4n) is 3.51. The predicted molar refractivity (Wildman–Crippen MR) is 102 cm³/mol. The van der Waals surface area contributed by atoms with Gasteiger partial charge in [0.15, 0.2) is 0 Å². The lowest BCUT2D eigenvalue weighted by atomic mass is 9.86. The van der Waals surface area contributed by atoms with Crippen molar-refractivity contribution in [2.75, 3.05) is 32.7 Å². The lowest BCUT2D eigenvalue weighted by molar-refractivity contribution is -0.119. The van der Waals surface area contributed by atoms with Crippen LogP contribution in [0.4, 0.5) is 5.69 Å². The molecule has 1 aromatic carbocycles. The molecule has 1 aliphatic heterocycles. The van der Waals surface area contributed by atoms with E-state index in [1.165, 1.54) is 7.11 Å². The van der Waals surface area contributed by atoms with Crippen molar-refractivity contribution in [2.45, 2.75) is 24.8 Å². The third kappa shape index (κ3) is 4.14. The SMILES string of the molecule is CNC(=O)c1ccc(OC)c(NC(=O)CC2(n3cccc3)CCOCC2)c1. The van der Waals surface area contributed by atoms with E-state index in [-0.39, 0.29) is 17.4 Å². The smallest absolute Gasteiger partial charge is 0.251 e. The van der Waals surface area contributed by atoms with E-state index in [4.69, 9.17) is 9.47 Å². The maximum Gasteiger partial charge on any atom is 0.251 e. The van der Waals surface area contributed by atoms with Crippen LogP contribution in [-0.2, 0) is 15.1 Å². The summed E-state index contributed by atoms with van der Waals surface area (Å²) >= 11 is 0. The van der Waals surface area contributed by atoms with Gasteiger partial charge in [0.05, 0.1) is 24.8 Å². The van der Waals surface area contributed by atoms with E-state index in [0.29, 0.717) is 36.6 Å². The van der Waals surface area contributed by atoms with Gasteiger partial charge in [0, 0.05) is 38.2 Å². The quantitative estimate of drug-likeness (QED) is 0.817. The summed E-state index contributed by atoms with van der Waals surface area (Å²) < 4.78 is 12.9. The molecule has 0 unspecified atom stereocenters. The van der Waals surface area contributed by atoms with Gasteiger partial charge in [-0.1, -0.05) is 0 Å². The highest BCUT2D eigenvalue weighted by atomic mass is 16.5. The van der Waals surface area contributed by atoms with Crippen LogP contribution in [0.3, 0.4) is 0 Å². The van der Waals surface area contributed by atoms with E-state index in [9.17, 15) is 9.59 Å². The standard InChI is InChI=1S/C20H25N3O4/c1-21-19(25)15-5-6-17(26-2)16(13-15)22-18(24)14-20(7-11-27-12-8-20)23-9-3-4-10-23/h3-6,9-10,13H,7-8,11-12,14H2,1-2H3,(H,21,25)(H,22,24). The van der Waals surface area contributed by atoms with E-state index in [0.717, 1.165) is 12.8 Å². The molecule has 1 saturated heterocycles. The lowest BCUT2D eigenvalue weighted by Crippen LogP contribution is -2.42. The van der Waals surface area contributed by atoms with E-state index < -0.39 is 0 Å². The number of anilines is 1. The third-order valence-electron chi connectivity index (χ3n) is 5.03. The summed E-state index contributed by atoms with van der Waals surface area (Å²) in [6.07, 6.45) is 5.84. The number of hydrogen-bond donors (Lipinski definition) is 2. The van der Waals surface area contributed by atoms with Crippen LogP contribution in [0.25, 0.3) is 0 Å². The molecule has 2 aromatic rings. The van der Waals surface area contributed by atoms with Crippen LogP contribution in [0, 0.1) is 0 Å². The Morgan fingerprint density at radius 1 is 1.22 bits per heavy atom. The Bertz CT molecular complexity index is 796. The summed E-state index contributed by atoms with van der Waals surface area (Å²) in [5, 5.41) is 5.50. The fourth-order valence-corrected chi connectivity index (χ4v) is 3.51. The normalized spacial score (nSPS) is 15.8. The van der Waals surface area contributed by atoms with Gasteiger partial charge in [-0.3, -0.25) is 9.59 Å². The maximum absolute atomic E-state index is 12.9. The zero-order valence-electron chi connectivity index (χ0n) is 15.7. The minimum Gasteiger partial charge on any atom is -0.495 e. The second-order valence-electron chi connectivity index (χ2n) is 6.65. The van der Waals surface area contributed by atoms with E-state index >= 15 is 0 Å². The Morgan fingerprint density at radius 3 is 2.56 bits per heavy atom. The topological polar surface area (TPSA) is 81.6 Å². The van der Waals surface area contributed by atoms with Gasteiger partial charge in [0.1, 0.15) is 5.75 Å². The van der Waals surface area contributed by atoms with Gasteiger partial charge in [0.2, 0.25) is 5.91 Å². The number of nitrogens with zero attached hydrogens (tertiary/aromatic N) is 1. The molecule has 27 heavy (non-hydrogen) atoms. The first kappa shape index (κ1) is 19.0. The van der Waals surface area contributed by atoms with Crippen LogP contribution in [0.5, 0.6) is 5.75 Å². The zero-order valence-corrected chi connectivity index (χ0v) is 15.7. The molecule has 1 aliphatic rings. The van der Waals surface area contributed by atoms with E-state index in [1.807, 2.05) is 24.5 Å². The third-order valence-corrected chi connectivity index (χ3v) is 5.03. The molecule has 0 atom stereocenters. The molecule has 0 radical (unpaired) electrons. The van der Waals surface area contributed by atoms with Crippen molar-refractivity contribution in [1.82, 2.24) is 9.88 Å². The Kier molecular flexibility index (Phi) is 5.81. The number of hydrogen-bond acceptors (Lipinski definition) is 4. The van der Waals surface area contributed by atoms with Crippen molar-refractivity contribution in [3.05, 3.63) is 48.3 Å². The van der Waals surface area contributed by atoms with E-state index in [1.54, 1.807) is 25.2 Å². The summed E-state index contributed by atoms with van der Waals surface area (Å²) in [5.74, 6) is 0.164. The minimum absolute atomic E-state index is 0.127. The molecule has 0 aliphatic carbocycles. The van der Waals surface area contributed by atoms with Crippen LogP contribution in [0.2, 0.25) is 0 Å². The summed E-state index contributed by atoms with van der Waals surface area (Å²) in [4.78, 5) is 24.8. The molecule has 1 fully saturated rings. The van der Waals surface area contributed by atoms with Crippen LogP contribution in [-0.4, -0.2) is 43.8 Å². The Labute approximate surface area is 158 Å². The van der Waals surface area contributed by atoms with Crippen molar-refractivity contribution in [2.24, 2.45) is 0 Å². The molecular formula is C20H25N3O4. The molecule has 2 heterocycles. The Balaban J connectivity index is 1.81. The first-order chi connectivity index (χ1) is 13.1. The summed E-state index contributed by atoms with van der Waals surface area (Å²) in [6.45, 7) is 1.25. The van der Waals surface area contributed by atoms with Crippen LogP contribution in [0.1, 0.15) is 29.6 Å².